The summed E-state index contributed by atoms with van der Waals surface area (Å²) in [5.74, 6) is 0.749. The largest absolute Gasteiger partial charge is 0.492 e. The molecule has 0 heterocycles. The van der Waals surface area contributed by atoms with Crippen LogP contribution in [0.1, 0.15) is 5.56 Å². The quantitative estimate of drug-likeness (QED) is 0.870. The lowest BCUT2D eigenvalue weighted by atomic mass is 10.1. The number of ether oxygens (including phenoxy) is 1. The molecule has 1 atom stereocenters. The highest BCUT2D eigenvalue weighted by atomic mass is 35.5. The molecule has 2 rings (SSSR count). The zero-order valence-electron chi connectivity index (χ0n) is 10.7. The van der Waals surface area contributed by atoms with Gasteiger partial charge in [-0.15, -0.1) is 0 Å². The Morgan fingerprint density at radius 3 is 2.30 bits per heavy atom. The molecule has 0 radical (unpaired) electrons. The average Bonchev–Trinajstić information content (AvgIpc) is 2.42. The lowest BCUT2D eigenvalue weighted by molar-refractivity contribution is 0.287. The summed E-state index contributed by atoms with van der Waals surface area (Å²) in [6.07, 6.45) is 0.671. The highest BCUT2D eigenvalue weighted by molar-refractivity contribution is 6.42. The molecular formula is C15H14Cl3NO. The van der Waals surface area contributed by atoms with Gasteiger partial charge in [-0.1, -0.05) is 40.9 Å². The predicted molar refractivity (Wildman–Crippen MR) is 85.1 cm³/mol. The molecule has 2 aromatic carbocycles. The first-order valence-corrected chi connectivity index (χ1v) is 7.26. The van der Waals surface area contributed by atoms with Gasteiger partial charge in [0.1, 0.15) is 12.4 Å². The molecule has 0 bridgehead atoms. The van der Waals surface area contributed by atoms with Crippen LogP contribution in [0.5, 0.6) is 5.75 Å². The summed E-state index contributed by atoms with van der Waals surface area (Å²) in [6.45, 7) is 0.419. The number of rotatable bonds is 5. The third-order valence-electron chi connectivity index (χ3n) is 2.76. The van der Waals surface area contributed by atoms with Crippen molar-refractivity contribution in [2.24, 2.45) is 5.73 Å². The molecule has 2 nitrogen and oxygen atoms in total. The van der Waals surface area contributed by atoms with E-state index >= 15 is 0 Å². The zero-order valence-corrected chi connectivity index (χ0v) is 12.9. The molecule has 2 N–H and O–H groups in total. The summed E-state index contributed by atoms with van der Waals surface area (Å²) >= 11 is 17.6. The lowest BCUT2D eigenvalue weighted by Crippen LogP contribution is -2.30. The van der Waals surface area contributed by atoms with Gasteiger partial charge in [0.05, 0.1) is 10.0 Å². The predicted octanol–water partition coefficient (Wildman–Crippen LogP) is 4.60. The van der Waals surface area contributed by atoms with Crippen LogP contribution >= 0.6 is 34.8 Å². The average molecular weight is 331 g/mol. The van der Waals surface area contributed by atoms with Crippen molar-refractivity contribution in [2.45, 2.75) is 12.5 Å². The van der Waals surface area contributed by atoms with Crippen LogP contribution in [0.15, 0.2) is 42.5 Å². The van der Waals surface area contributed by atoms with Gasteiger partial charge in [0.2, 0.25) is 0 Å². The molecule has 0 aliphatic rings. The van der Waals surface area contributed by atoms with Crippen molar-refractivity contribution in [2.75, 3.05) is 6.61 Å². The number of halogens is 3. The fraction of sp³-hybridized carbons (Fsp3) is 0.200. The molecule has 0 fully saturated rings. The molecular weight excluding hydrogens is 317 g/mol. The maximum Gasteiger partial charge on any atom is 0.119 e. The normalized spacial score (nSPS) is 12.2. The smallest absolute Gasteiger partial charge is 0.119 e. The molecule has 0 saturated carbocycles. The molecule has 0 saturated heterocycles. The summed E-state index contributed by atoms with van der Waals surface area (Å²) in [5.41, 5.74) is 7.08. The van der Waals surface area contributed by atoms with Crippen LogP contribution in [0.25, 0.3) is 0 Å². The first kappa shape index (κ1) is 15.5. The molecule has 20 heavy (non-hydrogen) atoms. The second-order valence-corrected chi connectivity index (χ2v) is 5.73. The molecule has 106 valence electrons. The fourth-order valence-corrected chi connectivity index (χ4v) is 2.21. The Morgan fingerprint density at radius 1 is 0.950 bits per heavy atom. The number of benzene rings is 2. The van der Waals surface area contributed by atoms with Crippen molar-refractivity contribution in [1.82, 2.24) is 0 Å². The summed E-state index contributed by atoms with van der Waals surface area (Å²) in [7, 11) is 0. The van der Waals surface area contributed by atoms with Crippen LogP contribution in [0, 0.1) is 0 Å². The standard InChI is InChI=1S/C15H14Cl3NO/c16-11-2-4-13(5-3-11)20-9-12(19)7-10-1-6-14(17)15(18)8-10/h1-6,8,12H,7,9,19H2. The van der Waals surface area contributed by atoms with Gasteiger partial charge < -0.3 is 10.5 Å². The number of hydrogen-bond acceptors (Lipinski definition) is 2. The van der Waals surface area contributed by atoms with Crippen LogP contribution in [-0.4, -0.2) is 12.6 Å². The van der Waals surface area contributed by atoms with Crippen LogP contribution in [0.4, 0.5) is 0 Å². The first-order chi connectivity index (χ1) is 9.54. The Kier molecular flexibility index (Phi) is 5.55. The van der Waals surface area contributed by atoms with Gasteiger partial charge in [-0.2, -0.15) is 0 Å². The Hall–Kier alpha value is -0.930. The van der Waals surface area contributed by atoms with Gasteiger partial charge >= 0.3 is 0 Å². The molecule has 2 aromatic rings. The summed E-state index contributed by atoms with van der Waals surface area (Å²) in [6, 6.07) is 12.6. The van der Waals surface area contributed by atoms with Crippen molar-refractivity contribution >= 4 is 34.8 Å². The second-order valence-electron chi connectivity index (χ2n) is 4.48. The van der Waals surface area contributed by atoms with E-state index in [-0.39, 0.29) is 6.04 Å². The number of hydrogen-bond donors (Lipinski definition) is 1. The Morgan fingerprint density at radius 2 is 1.65 bits per heavy atom. The zero-order chi connectivity index (χ0) is 14.5. The van der Waals surface area contributed by atoms with Gasteiger partial charge in [0, 0.05) is 11.1 Å². The Labute approximate surface area is 133 Å². The minimum Gasteiger partial charge on any atom is -0.492 e. The van der Waals surface area contributed by atoms with Crippen molar-refractivity contribution in [3.05, 3.63) is 63.1 Å². The molecule has 0 aliphatic carbocycles. The van der Waals surface area contributed by atoms with E-state index in [4.69, 9.17) is 45.3 Å². The van der Waals surface area contributed by atoms with Gasteiger partial charge in [-0.3, -0.25) is 0 Å². The van der Waals surface area contributed by atoms with E-state index in [1.165, 1.54) is 0 Å². The minimum atomic E-state index is -0.122. The Balaban J connectivity index is 1.87. The molecule has 0 amide bonds. The van der Waals surface area contributed by atoms with Crippen molar-refractivity contribution < 1.29 is 4.74 Å². The third-order valence-corrected chi connectivity index (χ3v) is 3.75. The first-order valence-electron chi connectivity index (χ1n) is 6.12. The van der Waals surface area contributed by atoms with Crippen LogP contribution in [0.2, 0.25) is 15.1 Å². The van der Waals surface area contributed by atoms with E-state index < -0.39 is 0 Å². The van der Waals surface area contributed by atoms with E-state index in [2.05, 4.69) is 0 Å². The minimum absolute atomic E-state index is 0.122. The second kappa shape index (κ2) is 7.19. The van der Waals surface area contributed by atoms with Gasteiger partial charge in [0.15, 0.2) is 0 Å². The molecule has 0 aromatic heterocycles. The summed E-state index contributed by atoms with van der Waals surface area (Å²) in [4.78, 5) is 0. The topological polar surface area (TPSA) is 35.2 Å². The monoisotopic (exact) mass is 329 g/mol. The van der Waals surface area contributed by atoms with Crippen molar-refractivity contribution in [3.63, 3.8) is 0 Å². The highest BCUT2D eigenvalue weighted by Gasteiger charge is 2.07. The fourth-order valence-electron chi connectivity index (χ4n) is 1.76. The molecule has 1 unspecified atom stereocenters. The van der Waals surface area contributed by atoms with Crippen molar-refractivity contribution in [1.29, 1.82) is 0 Å². The molecule has 0 aliphatic heterocycles. The van der Waals surface area contributed by atoms with Crippen LogP contribution in [0.3, 0.4) is 0 Å². The highest BCUT2D eigenvalue weighted by Crippen LogP contribution is 2.23. The summed E-state index contributed by atoms with van der Waals surface area (Å²) < 4.78 is 5.61. The Bertz CT molecular complexity index is 572. The third kappa shape index (κ3) is 4.57. The molecule has 0 spiro atoms. The maximum atomic E-state index is 6.04. The van der Waals surface area contributed by atoms with Crippen molar-refractivity contribution in [3.8, 4) is 5.75 Å². The van der Waals surface area contributed by atoms with Gasteiger partial charge in [-0.05, 0) is 48.4 Å². The van der Waals surface area contributed by atoms with Crippen LogP contribution < -0.4 is 10.5 Å². The molecule has 5 heteroatoms. The van der Waals surface area contributed by atoms with E-state index in [9.17, 15) is 0 Å². The van der Waals surface area contributed by atoms with Gasteiger partial charge in [0.25, 0.3) is 0 Å². The maximum absolute atomic E-state index is 6.04. The van der Waals surface area contributed by atoms with E-state index in [1.54, 1.807) is 18.2 Å². The van der Waals surface area contributed by atoms with E-state index in [0.717, 1.165) is 11.3 Å². The lowest BCUT2D eigenvalue weighted by Gasteiger charge is -2.13. The SMILES string of the molecule is NC(COc1ccc(Cl)cc1)Cc1ccc(Cl)c(Cl)c1. The van der Waals surface area contributed by atoms with Gasteiger partial charge in [-0.25, -0.2) is 0 Å². The van der Waals surface area contributed by atoms with Crippen LogP contribution in [-0.2, 0) is 6.42 Å². The number of nitrogens with two attached hydrogens (primary N) is 1. The van der Waals surface area contributed by atoms with E-state index in [0.29, 0.717) is 28.1 Å². The summed E-state index contributed by atoms with van der Waals surface area (Å²) in [5, 5.41) is 1.76. The van der Waals surface area contributed by atoms with E-state index in [1.807, 2.05) is 24.3 Å².